The molecule has 90 valence electrons. The summed E-state index contributed by atoms with van der Waals surface area (Å²) in [7, 11) is 0. The first kappa shape index (κ1) is 11.6. The zero-order valence-electron chi connectivity index (χ0n) is 9.17. The van der Waals surface area contributed by atoms with Crippen molar-refractivity contribution in [1.82, 2.24) is 4.98 Å². The fourth-order valence-electron chi connectivity index (χ4n) is 1.68. The number of H-pyrrole nitrogens is 1. The number of fused-ring (bicyclic) bond motifs is 1. The largest absolute Gasteiger partial charge is 0.494 e. The molecule has 1 N–H and O–H groups in total. The molecule has 1 aromatic heterocycles. The first-order chi connectivity index (χ1) is 8.13. The van der Waals surface area contributed by atoms with Gasteiger partial charge >= 0.3 is 6.43 Å². The third-order valence-electron chi connectivity index (χ3n) is 2.43. The highest BCUT2D eigenvalue weighted by Crippen LogP contribution is 2.25. The molecule has 0 saturated carbocycles. The van der Waals surface area contributed by atoms with Gasteiger partial charge < -0.3 is 9.72 Å². The summed E-state index contributed by atoms with van der Waals surface area (Å²) in [5, 5.41) is 0.459. The van der Waals surface area contributed by atoms with Gasteiger partial charge in [-0.3, -0.25) is 4.79 Å². The van der Waals surface area contributed by atoms with Crippen LogP contribution in [0.3, 0.4) is 0 Å². The minimum Gasteiger partial charge on any atom is -0.494 e. The SMILES string of the molecule is CCOc1ccc2[nH]cc(C(=O)C(F)F)c2c1. The summed E-state index contributed by atoms with van der Waals surface area (Å²) < 4.78 is 30.0. The monoisotopic (exact) mass is 239 g/mol. The van der Waals surface area contributed by atoms with Crippen molar-refractivity contribution in [2.75, 3.05) is 6.61 Å². The van der Waals surface area contributed by atoms with Gasteiger partial charge in [0, 0.05) is 22.7 Å². The zero-order valence-corrected chi connectivity index (χ0v) is 9.17. The van der Waals surface area contributed by atoms with Crippen LogP contribution < -0.4 is 4.74 Å². The Morgan fingerprint density at radius 2 is 2.24 bits per heavy atom. The summed E-state index contributed by atoms with van der Waals surface area (Å²) in [5.74, 6) is -0.618. The van der Waals surface area contributed by atoms with Gasteiger partial charge in [-0.15, -0.1) is 0 Å². The van der Waals surface area contributed by atoms with E-state index < -0.39 is 12.2 Å². The van der Waals surface area contributed by atoms with E-state index in [2.05, 4.69) is 4.98 Å². The van der Waals surface area contributed by atoms with E-state index in [1.165, 1.54) is 6.20 Å². The first-order valence-electron chi connectivity index (χ1n) is 5.19. The second kappa shape index (κ2) is 4.53. The smallest absolute Gasteiger partial charge is 0.300 e. The fourth-order valence-corrected chi connectivity index (χ4v) is 1.68. The number of rotatable bonds is 4. The number of ether oxygens (including phenoxy) is 1. The topological polar surface area (TPSA) is 42.1 Å². The molecule has 0 unspecified atom stereocenters. The standard InChI is InChI=1S/C12H11F2NO2/c1-2-17-7-3-4-10-8(5-7)9(6-15-10)11(16)12(13)14/h3-6,12,15H,2H2,1H3. The summed E-state index contributed by atoms with van der Waals surface area (Å²) in [4.78, 5) is 14.1. The summed E-state index contributed by atoms with van der Waals surface area (Å²) >= 11 is 0. The maximum atomic E-state index is 12.4. The predicted molar refractivity (Wildman–Crippen MR) is 59.8 cm³/mol. The van der Waals surface area contributed by atoms with Crippen molar-refractivity contribution in [3.05, 3.63) is 30.0 Å². The normalized spacial score (nSPS) is 11.1. The number of carbonyl (C=O) groups excluding carboxylic acids is 1. The van der Waals surface area contributed by atoms with E-state index >= 15 is 0 Å². The quantitative estimate of drug-likeness (QED) is 0.833. The Labute approximate surface area is 96.4 Å². The van der Waals surface area contributed by atoms with Gasteiger partial charge in [0.25, 0.3) is 0 Å². The summed E-state index contributed by atoms with van der Waals surface area (Å²) in [6.07, 6.45) is -1.70. The number of alkyl halides is 2. The molecule has 2 aromatic rings. The molecule has 0 bridgehead atoms. The Kier molecular flexibility index (Phi) is 3.08. The fraction of sp³-hybridized carbons (Fsp3) is 0.250. The third kappa shape index (κ3) is 2.13. The molecule has 5 heteroatoms. The Hall–Kier alpha value is -1.91. The maximum Gasteiger partial charge on any atom is 0.300 e. The molecule has 17 heavy (non-hydrogen) atoms. The molecule has 0 spiro atoms. The third-order valence-corrected chi connectivity index (χ3v) is 2.43. The first-order valence-corrected chi connectivity index (χ1v) is 5.19. The minimum absolute atomic E-state index is 0.00319. The molecule has 1 aromatic carbocycles. The molecular weight excluding hydrogens is 228 g/mol. The number of benzene rings is 1. The molecule has 3 nitrogen and oxygen atoms in total. The van der Waals surface area contributed by atoms with Gasteiger partial charge in [0.2, 0.25) is 5.78 Å². The van der Waals surface area contributed by atoms with Crippen molar-refractivity contribution < 1.29 is 18.3 Å². The van der Waals surface area contributed by atoms with Gasteiger partial charge in [-0.25, -0.2) is 8.78 Å². The van der Waals surface area contributed by atoms with Gasteiger partial charge in [-0.05, 0) is 25.1 Å². The minimum atomic E-state index is -3.00. The number of aromatic nitrogens is 1. The summed E-state index contributed by atoms with van der Waals surface area (Å²) in [5.41, 5.74) is 0.633. The molecule has 0 atom stereocenters. The highest BCUT2D eigenvalue weighted by Gasteiger charge is 2.21. The van der Waals surface area contributed by atoms with E-state index in [0.29, 0.717) is 23.3 Å². The molecule has 0 aliphatic rings. The number of Topliss-reactive ketones (excluding diaryl/α,β-unsaturated/α-hetero) is 1. The molecule has 0 fully saturated rings. The number of nitrogens with one attached hydrogen (secondary N) is 1. The Bertz CT molecular complexity index is 548. The van der Waals surface area contributed by atoms with E-state index in [-0.39, 0.29) is 5.56 Å². The highest BCUT2D eigenvalue weighted by molar-refractivity contribution is 6.09. The second-order valence-electron chi connectivity index (χ2n) is 3.51. The molecule has 0 aliphatic heterocycles. The number of halogens is 2. The number of aromatic amines is 1. The van der Waals surface area contributed by atoms with Crippen molar-refractivity contribution in [2.24, 2.45) is 0 Å². The van der Waals surface area contributed by atoms with Gasteiger partial charge in [-0.2, -0.15) is 0 Å². The zero-order chi connectivity index (χ0) is 12.4. The maximum absolute atomic E-state index is 12.4. The predicted octanol–water partition coefficient (Wildman–Crippen LogP) is 3.01. The van der Waals surface area contributed by atoms with Crippen LogP contribution >= 0.6 is 0 Å². The molecule has 0 radical (unpaired) electrons. The second-order valence-corrected chi connectivity index (χ2v) is 3.51. The van der Waals surface area contributed by atoms with Crippen LogP contribution in [0.2, 0.25) is 0 Å². The van der Waals surface area contributed by atoms with Crippen LogP contribution in [-0.2, 0) is 0 Å². The lowest BCUT2D eigenvalue weighted by Gasteiger charge is -2.03. The molecule has 1 heterocycles. The van der Waals surface area contributed by atoms with Crippen LogP contribution in [0, 0.1) is 0 Å². The van der Waals surface area contributed by atoms with Gasteiger partial charge in [-0.1, -0.05) is 0 Å². The van der Waals surface area contributed by atoms with Crippen LogP contribution in [0.5, 0.6) is 5.75 Å². The van der Waals surface area contributed by atoms with Crippen LogP contribution in [0.1, 0.15) is 17.3 Å². The summed E-state index contributed by atoms with van der Waals surface area (Å²) in [6.45, 7) is 2.31. The van der Waals surface area contributed by atoms with Gasteiger partial charge in [0.05, 0.1) is 6.61 Å². The Morgan fingerprint density at radius 3 is 2.88 bits per heavy atom. The molecule has 0 aliphatic carbocycles. The van der Waals surface area contributed by atoms with Gasteiger partial charge in [0.1, 0.15) is 5.75 Å². The lowest BCUT2D eigenvalue weighted by molar-refractivity contribution is 0.0680. The number of ketones is 1. The Balaban J connectivity index is 2.50. The van der Waals surface area contributed by atoms with Crippen LogP contribution in [0.4, 0.5) is 8.78 Å². The average molecular weight is 239 g/mol. The lowest BCUT2D eigenvalue weighted by atomic mass is 10.1. The number of hydrogen-bond acceptors (Lipinski definition) is 2. The van der Waals surface area contributed by atoms with E-state index in [0.717, 1.165) is 0 Å². The van der Waals surface area contributed by atoms with Crippen molar-refractivity contribution >= 4 is 16.7 Å². The van der Waals surface area contributed by atoms with E-state index in [4.69, 9.17) is 4.74 Å². The van der Waals surface area contributed by atoms with E-state index in [1.54, 1.807) is 18.2 Å². The molecule has 2 rings (SSSR count). The van der Waals surface area contributed by atoms with Gasteiger partial charge in [0.15, 0.2) is 0 Å². The van der Waals surface area contributed by atoms with Crippen LogP contribution in [0.15, 0.2) is 24.4 Å². The molecule has 0 saturated heterocycles. The number of carbonyl (C=O) groups is 1. The van der Waals surface area contributed by atoms with Crippen molar-refractivity contribution in [2.45, 2.75) is 13.3 Å². The van der Waals surface area contributed by atoms with Crippen molar-refractivity contribution in [3.8, 4) is 5.75 Å². The average Bonchev–Trinajstić information content (AvgIpc) is 2.71. The van der Waals surface area contributed by atoms with Crippen LogP contribution in [-0.4, -0.2) is 23.8 Å². The number of hydrogen-bond donors (Lipinski definition) is 1. The Morgan fingerprint density at radius 1 is 1.47 bits per heavy atom. The van der Waals surface area contributed by atoms with Crippen LogP contribution in [0.25, 0.3) is 10.9 Å². The van der Waals surface area contributed by atoms with Crippen molar-refractivity contribution in [1.29, 1.82) is 0 Å². The molecule has 0 amide bonds. The van der Waals surface area contributed by atoms with E-state index in [1.807, 2.05) is 6.92 Å². The lowest BCUT2D eigenvalue weighted by Crippen LogP contribution is -2.09. The van der Waals surface area contributed by atoms with E-state index in [9.17, 15) is 13.6 Å². The molecular formula is C12H11F2NO2. The van der Waals surface area contributed by atoms with Crippen molar-refractivity contribution in [3.63, 3.8) is 0 Å². The highest BCUT2D eigenvalue weighted by atomic mass is 19.3. The summed E-state index contributed by atoms with van der Waals surface area (Å²) in [6, 6.07) is 5.01.